The molecule has 0 unspecified atom stereocenters. The van der Waals surface area contributed by atoms with Crippen LogP contribution >= 0.6 is 11.3 Å². The molecule has 2 aliphatic rings. The molecule has 3 heterocycles. The monoisotopic (exact) mass is 263 g/mol. The van der Waals surface area contributed by atoms with Gasteiger partial charge < -0.3 is 10.1 Å². The predicted octanol–water partition coefficient (Wildman–Crippen LogP) is 1.94. The third kappa shape index (κ3) is 1.58. The van der Waals surface area contributed by atoms with Crippen LogP contribution in [-0.4, -0.2) is 17.5 Å². The lowest BCUT2D eigenvalue weighted by molar-refractivity contribution is -0.144. The van der Waals surface area contributed by atoms with E-state index in [4.69, 9.17) is 4.74 Å². The van der Waals surface area contributed by atoms with Crippen LogP contribution in [0.4, 0.5) is 0 Å². The summed E-state index contributed by atoms with van der Waals surface area (Å²) in [7, 11) is 0. The van der Waals surface area contributed by atoms with Crippen LogP contribution in [0, 0.1) is 0 Å². The van der Waals surface area contributed by atoms with Crippen LogP contribution in [0.5, 0.6) is 0 Å². The number of amides is 1. The Hall–Kier alpha value is -1.62. The molecule has 1 N–H and O–H groups in total. The molecule has 0 aliphatic carbocycles. The average molecular weight is 263 g/mol. The fourth-order valence-corrected chi connectivity index (χ4v) is 3.25. The smallest absolute Gasteiger partial charge is 0.337 e. The lowest BCUT2D eigenvalue weighted by Gasteiger charge is -2.26. The number of ether oxygens (including phenoxy) is 1. The molecule has 3 rings (SSSR count). The summed E-state index contributed by atoms with van der Waals surface area (Å²) in [5.74, 6) is -0.545. The van der Waals surface area contributed by atoms with Gasteiger partial charge in [-0.25, -0.2) is 4.79 Å². The van der Waals surface area contributed by atoms with Crippen molar-refractivity contribution in [1.29, 1.82) is 0 Å². The van der Waals surface area contributed by atoms with Gasteiger partial charge in [-0.15, -0.1) is 0 Å². The van der Waals surface area contributed by atoms with Crippen molar-refractivity contribution in [2.75, 3.05) is 0 Å². The van der Waals surface area contributed by atoms with Crippen LogP contribution in [0.2, 0.25) is 0 Å². The second kappa shape index (κ2) is 3.68. The molecule has 1 amide bonds. The summed E-state index contributed by atoms with van der Waals surface area (Å²) in [6.45, 7) is 3.59. The standard InChI is InChI=1S/C13H13NO3S/c1-13(2)11-10(12(16)17-13)8(5-9(15)14-11)7-3-4-18-6-7/h3-4,6,8H,5H2,1-2H3,(H,14,15)/t8-/m1/s1. The fourth-order valence-electron chi connectivity index (χ4n) is 2.53. The number of carbonyl (C=O) groups is 2. The van der Waals surface area contributed by atoms with E-state index in [1.807, 2.05) is 16.8 Å². The van der Waals surface area contributed by atoms with Crippen molar-refractivity contribution < 1.29 is 14.3 Å². The Morgan fingerprint density at radius 1 is 1.44 bits per heavy atom. The van der Waals surface area contributed by atoms with Crippen LogP contribution in [0.1, 0.15) is 31.7 Å². The van der Waals surface area contributed by atoms with Crippen molar-refractivity contribution in [3.8, 4) is 0 Å². The van der Waals surface area contributed by atoms with E-state index < -0.39 is 5.60 Å². The number of thiophene rings is 1. The van der Waals surface area contributed by atoms with Gasteiger partial charge in [-0.05, 0) is 36.2 Å². The number of rotatable bonds is 1. The van der Waals surface area contributed by atoms with Crippen LogP contribution in [0.3, 0.4) is 0 Å². The molecule has 0 radical (unpaired) electrons. The number of hydrogen-bond acceptors (Lipinski definition) is 4. The van der Waals surface area contributed by atoms with E-state index in [2.05, 4.69) is 5.32 Å². The Labute approximate surface area is 109 Å². The molecule has 0 aromatic carbocycles. The molecule has 0 spiro atoms. The van der Waals surface area contributed by atoms with Crippen molar-refractivity contribution >= 4 is 23.2 Å². The highest BCUT2D eigenvalue weighted by atomic mass is 32.1. The summed E-state index contributed by atoms with van der Waals surface area (Å²) < 4.78 is 5.35. The second-order valence-corrected chi connectivity index (χ2v) is 5.83. The summed E-state index contributed by atoms with van der Waals surface area (Å²) in [4.78, 5) is 23.8. The average Bonchev–Trinajstić information content (AvgIpc) is 2.86. The van der Waals surface area contributed by atoms with Crippen LogP contribution in [-0.2, 0) is 14.3 Å². The molecule has 0 fully saturated rings. The molecule has 4 nitrogen and oxygen atoms in total. The highest BCUT2D eigenvalue weighted by Crippen LogP contribution is 2.42. The molecule has 0 saturated carbocycles. The SMILES string of the molecule is CC1(C)OC(=O)C2=C1NC(=O)C[C@@H]2c1ccsc1. The Bertz CT molecular complexity index is 557. The van der Waals surface area contributed by atoms with Gasteiger partial charge in [-0.1, -0.05) is 0 Å². The third-order valence-corrected chi connectivity index (χ3v) is 4.09. The van der Waals surface area contributed by atoms with Gasteiger partial charge in [0.05, 0.1) is 11.3 Å². The van der Waals surface area contributed by atoms with Gasteiger partial charge in [-0.2, -0.15) is 11.3 Å². The molecule has 0 saturated heterocycles. The van der Waals surface area contributed by atoms with E-state index in [0.29, 0.717) is 17.7 Å². The van der Waals surface area contributed by atoms with Gasteiger partial charge >= 0.3 is 5.97 Å². The Balaban J connectivity index is 2.13. The van der Waals surface area contributed by atoms with Crippen molar-refractivity contribution in [1.82, 2.24) is 5.32 Å². The van der Waals surface area contributed by atoms with Crippen molar-refractivity contribution in [2.45, 2.75) is 31.8 Å². The minimum atomic E-state index is -0.739. The maximum Gasteiger partial charge on any atom is 0.337 e. The van der Waals surface area contributed by atoms with Gasteiger partial charge in [-0.3, -0.25) is 4.79 Å². The summed E-state index contributed by atoms with van der Waals surface area (Å²) in [6.07, 6.45) is 0.306. The molecule has 0 bridgehead atoms. The molecular formula is C13H13NO3S. The lowest BCUT2D eigenvalue weighted by Crippen LogP contribution is -2.38. The first-order valence-corrected chi connectivity index (χ1v) is 6.73. The minimum Gasteiger partial charge on any atom is -0.450 e. The van der Waals surface area contributed by atoms with E-state index in [1.54, 1.807) is 25.2 Å². The minimum absolute atomic E-state index is 0.0590. The van der Waals surface area contributed by atoms with E-state index >= 15 is 0 Å². The number of hydrogen-bond donors (Lipinski definition) is 1. The maximum atomic E-state index is 12.0. The zero-order chi connectivity index (χ0) is 12.9. The normalized spacial score (nSPS) is 25.8. The van der Waals surface area contributed by atoms with Crippen LogP contribution in [0.15, 0.2) is 28.1 Å². The third-order valence-electron chi connectivity index (χ3n) is 3.39. The topological polar surface area (TPSA) is 55.4 Å². The number of cyclic esters (lactones) is 1. The molecule has 2 aliphatic heterocycles. The zero-order valence-corrected chi connectivity index (χ0v) is 11.0. The first-order valence-electron chi connectivity index (χ1n) is 5.79. The molecule has 18 heavy (non-hydrogen) atoms. The number of nitrogens with one attached hydrogen (secondary N) is 1. The fraction of sp³-hybridized carbons (Fsp3) is 0.385. The maximum absolute atomic E-state index is 12.0. The summed E-state index contributed by atoms with van der Waals surface area (Å²) >= 11 is 1.56. The quantitative estimate of drug-likeness (QED) is 0.788. The molecule has 1 atom stereocenters. The molecular weight excluding hydrogens is 250 g/mol. The summed E-state index contributed by atoms with van der Waals surface area (Å²) in [6, 6.07) is 1.96. The van der Waals surface area contributed by atoms with Gasteiger partial charge in [0.1, 0.15) is 5.60 Å². The van der Waals surface area contributed by atoms with E-state index in [0.717, 1.165) is 5.56 Å². The Kier molecular flexibility index (Phi) is 2.35. The number of carbonyl (C=O) groups excluding carboxylic acids is 2. The van der Waals surface area contributed by atoms with E-state index in [1.165, 1.54) is 0 Å². The molecule has 5 heteroatoms. The first kappa shape index (κ1) is 11.5. The van der Waals surface area contributed by atoms with Gasteiger partial charge in [0, 0.05) is 12.3 Å². The van der Waals surface area contributed by atoms with E-state index in [-0.39, 0.29) is 17.8 Å². The summed E-state index contributed by atoms with van der Waals surface area (Å²) in [5, 5.41) is 6.72. The van der Waals surface area contributed by atoms with Gasteiger partial charge in [0.25, 0.3) is 0 Å². The van der Waals surface area contributed by atoms with Crippen molar-refractivity contribution in [3.05, 3.63) is 33.7 Å². The van der Waals surface area contributed by atoms with Crippen molar-refractivity contribution in [3.63, 3.8) is 0 Å². The first-order chi connectivity index (χ1) is 8.49. The van der Waals surface area contributed by atoms with Crippen LogP contribution in [0.25, 0.3) is 0 Å². The predicted molar refractivity (Wildman–Crippen MR) is 67.0 cm³/mol. The zero-order valence-electron chi connectivity index (χ0n) is 10.1. The molecule has 94 valence electrons. The summed E-state index contributed by atoms with van der Waals surface area (Å²) in [5.41, 5.74) is 1.51. The number of esters is 1. The van der Waals surface area contributed by atoms with Crippen LogP contribution < -0.4 is 5.32 Å². The second-order valence-electron chi connectivity index (χ2n) is 5.05. The van der Waals surface area contributed by atoms with Crippen molar-refractivity contribution in [2.24, 2.45) is 0 Å². The van der Waals surface area contributed by atoms with Gasteiger partial charge in [0.15, 0.2) is 0 Å². The largest absolute Gasteiger partial charge is 0.450 e. The highest BCUT2D eigenvalue weighted by molar-refractivity contribution is 7.08. The Morgan fingerprint density at radius 3 is 2.89 bits per heavy atom. The highest BCUT2D eigenvalue weighted by Gasteiger charge is 2.47. The molecule has 1 aromatic heterocycles. The Morgan fingerprint density at radius 2 is 2.22 bits per heavy atom. The lowest BCUT2D eigenvalue weighted by atomic mass is 9.84. The van der Waals surface area contributed by atoms with E-state index in [9.17, 15) is 9.59 Å². The molecule has 1 aromatic rings. The van der Waals surface area contributed by atoms with Gasteiger partial charge in [0.2, 0.25) is 5.91 Å².